The van der Waals surface area contributed by atoms with Crippen molar-refractivity contribution in [2.45, 2.75) is 65.6 Å². The highest BCUT2D eigenvalue weighted by atomic mass is 16.2. The molecular formula is C25H35BN2O. The zero-order chi connectivity index (χ0) is 21.4. The van der Waals surface area contributed by atoms with E-state index in [9.17, 15) is 5.02 Å². The average molecular weight is 390 g/mol. The van der Waals surface area contributed by atoms with Gasteiger partial charge in [0.1, 0.15) is 0 Å². The second kappa shape index (κ2) is 8.08. The lowest BCUT2D eigenvalue weighted by Gasteiger charge is -2.27. The third-order valence-corrected chi connectivity index (χ3v) is 5.81. The minimum Gasteiger partial charge on any atom is -0.437 e. The summed E-state index contributed by atoms with van der Waals surface area (Å²) in [6.07, 6.45) is 3.12. The lowest BCUT2D eigenvalue weighted by Crippen LogP contribution is -2.39. The number of aromatic nitrogens is 1. The topological polar surface area (TPSA) is 36.4 Å². The molecule has 1 aliphatic rings. The van der Waals surface area contributed by atoms with E-state index in [-0.39, 0.29) is 10.8 Å². The molecule has 3 rings (SSSR count). The largest absolute Gasteiger partial charge is 0.437 e. The standard InChI is InChI=1S/C25H35BN2O/c1-24(2,3)20-15-19(16-21(17-20)25(4,5)6)23-10-8-9-22(27-23)18-11-13-28(14-12-18)26(7)29/h8-11,15-17,29H,12-14H2,1-7H3. The maximum atomic E-state index is 9.79. The van der Waals surface area contributed by atoms with Gasteiger partial charge in [-0.25, -0.2) is 4.98 Å². The van der Waals surface area contributed by atoms with Crippen LogP contribution in [0.1, 0.15) is 64.8 Å². The Labute approximate surface area is 177 Å². The number of rotatable bonds is 3. The molecule has 4 heteroatoms. The summed E-state index contributed by atoms with van der Waals surface area (Å²) in [6, 6.07) is 13.3. The summed E-state index contributed by atoms with van der Waals surface area (Å²) in [5, 5.41) is 9.79. The Kier molecular flexibility index (Phi) is 6.07. The molecule has 2 aromatic rings. The van der Waals surface area contributed by atoms with Gasteiger partial charge in [-0.1, -0.05) is 59.8 Å². The van der Waals surface area contributed by atoms with E-state index in [0.29, 0.717) is 0 Å². The van der Waals surface area contributed by atoms with Crippen molar-refractivity contribution in [3.8, 4) is 11.3 Å². The van der Waals surface area contributed by atoms with Gasteiger partial charge in [-0.2, -0.15) is 0 Å². The van der Waals surface area contributed by atoms with E-state index in [1.54, 1.807) is 0 Å². The predicted molar refractivity (Wildman–Crippen MR) is 125 cm³/mol. The van der Waals surface area contributed by atoms with Crippen molar-refractivity contribution in [1.82, 2.24) is 9.79 Å². The first-order valence-electron chi connectivity index (χ1n) is 10.7. The predicted octanol–water partition coefficient (Wildman–Crippen LogP) is 5.54. The first-order valence-corrected chi connectivity index (χ1v) is 10.7. The van der Waals surface area contributed by atoms with Gasteiger partial charge >= 0.3 is 7.05 Å². The Balaban J connectivity index is 2.01. The lowest BCUT2D eigenvalue weighted by molar-refractivity contribution is 0.392. The van der Waals surface area contributed by atoms with E-state index in [4.69, 9.17) is 4.98 Å². The molecule has 154 valence electrons. The fourth-order valence-corrected chi connectivity index (χ4v) is 3.67. The van der Waals surface area contributed by atoms with Crippen molar-refractivity contribution in [2.75, 3.05) is 13.1 Å². The van der Waals surface area contributed by atoms with Crippen molar-refractivity contribution >= 4 is 12.6 Å². The van der Waals surface area contributed by atoms with Crippen molar-refractivity contribution in [3.05, 3.63) is 59.3 Å². The van der Waals surface area contributed by atoms with Gasteiger partial charge in [0.2, 0.25) is 0 Å². The molecule has 0 amide bonds. The molecule has 0 unspecified atom stereocenters. The van der Waals surface area contributed by atoms with Crippen LogP contribution in [-0.2, 0) is 10.8 Å². The van der Waals surface area contributed by atoms with Gasteiger partial charge in [0.05, 0.1) is 11.4 Å². The molecule has 0 saturated heterocycles. The Morgan fingerprint density at radius 2 is 1.52 bits per heavy atom. The van der Waals surface area contributed by atoms with E-state index < -0.39 is 7.05 Å². The van der Waals surface area contributed by atoms with Crippen molar-refractivity contribution in [1.29, 1.82) is 0 Å². The van der Waals surface area contributed by atoms with Crippen LogP contribution in [0, 0.1) is 0 Å². The van der Waals surface area contributed by atoms with Crippen LogP contribution in [0.25, 0.3) is 16.8 Å². The summed E-state index contributed by atoms with van der Waals surface area (Å²) in [5.41, 5.74) is 7.39. The molecule has 2 heterocycles. The molecule has 0 fully saturated rings. The fraction of sp³-hybridized carbons (Fsp3) is 0.480. The molecule has 29 heavy (non-hydrogen) atoms. The first-order chi connectivity index (χ1) is 13.4. The van der Waals surface area contributed by atoms with Crippen LogP contribution < -0.4 is 0 Å². The molecule has 0 atom stereocenters. The number of nitrogens with zero attached hydrogens (tertiary/aromatic N) is 2. The van der Waals surface area contributed by atoms with Crippen molar-refractivity contribution in [2.24, 2.45) is 0 Å². The summed E-state index contributed by atoms with van der Waals surface area (Å²) in [7, 11) is -0.400. The number of benzene rings is 1. The van der Waals surface area contributed by atoms with Crippen LogP contribution in [0.2, 0.25) is 6.82 Å². The van der Waals surface area contributed by atoms with E-state index in [1.807, 2.05) is 6.82 Å². The minimum absolute atomic E-state index is 0.0873. The second-order valence-corrected chi connectivity index (χ2v) is 10.3. The lowest BCUT2D eigenvalue weighted by atomic mass is 9.79. The molecule has 0 aliphatic carbocycles. The molecule has 1 aromatic heterocycles. The van der Waals surface area contributed by atoms with E-state index >= 15 is 0 Å². The van der Waals surface area contributed by atoms with Crippen LogP contribution in [0.5, 0.6) is 0 Å². The van der Waals surface area contributed by atoms with Crippen LogP contribution in [0.3, 0.4) is 0 Å². The van der Waals surface area contributed by atoms with Gasteiger partial charge in [0.25, 0.3) is 0 Å². The molecule has 3 nitrogen and oxygen atoms in total. The Morgan fingerprint density at radius 3 is 2.00 bits per heavy atom. The zero-order valence-electron chi connectivity index (χ0n) is 19.1. The molecule has 1 aromatic carbocycles. The molecular weight excluding hydrogens is 355 g/mol. The van der Waals surface area contributed by atoms with Gasteiger partial charge in [-0.15, -0.1) is 0 Å². The average Bonchev–Trinajstić information content (AvgIpc) is 2.66. The highest BCUT2D eigenvalue weighted by Crippen LogP contribution is 2.34. The van der Waals surface area contributed by atoms with Gasteiger partial charge < -0.3 is 9.83 Å². The monoisotopic (exact) mass is 390 g/mol. The van der Waals surface area contributed by atoms with Crippen molar-refractivity contribution in [3.63, 3.8) is 0 Å². The number of hydrogen-bond acceptors (Lipinski definition) is 3. The molecule has 1 aliphatic heterocycles. The summed E-state index contributed by atoms with van der Waals surface area (Å²) < 4.78 is 0. The molecule has 0 bridgehead atoms. The van der Waals surface area contributed by atoms with Gasteiger partial charge in [0, 0.05) is 12.1 Å². The van der Waals surface area contributed by atoms with Crippen LogP contribution in [0.15, 0.2) is 42.5 Å². The minimum atomic E-state index is -0.400. The second-order valence-electron chi connectivity index (χ2n) is 10.3. The Morgan fingerprint density at radius 1 is 0.931 bits per heavy atom. The zero-order valence-corrected chi connectivity index (χ0v) is 19.1. The van der Waals surface area contributed by atoms with Crippen LogP contribution in [-0.4, -0.2) is 35.0 Å². The molecule has 0 spiro atoms. The smallest absolute Gasteiger partial charge is 0.376 e. The highest BCUT2D eigenvalue weighted by Gasteiger charge is 2.22. The van der Waals surface area contributed by atoms with Gasteiger partial charge in [-0.05, 0) is 71.6 Å². The summed E-state index contributed by atoms with van der Waals surface area (Å²) in [6.45, 7) is 17.1. The third-order valence-electron chi connectivity index (χ3n) is 5.81. The van der Waals surface area contributed by atoms with E-state index in [2.05, 4.69) is 88.8 Å². The highest BCUT2D eigenvalue weighted by molar-refractivity contribution is 6.45. The maximum Gasteiger partial charge on any atom is 0.376 e. The Hall–Kier alpha value is -1.91. The molecule has 0 saturated carbocycles. The van der Waals surface area contributed by atoms with Crippen molar-refractivity contribution < 1.29 is 5.02 Å². The normalized spacial score (nSPS) is 15.9. The summed E-state index contributed by atoms with van der Waals surface area (Å²) >= 11 is 0. The van der Waals surface area contributed by atoms with E-state index in [1.165, 1.54) is 22.3 Å². The Bertz CT molecular complexity index is 872. The number of hydrogen-bond donors (Lipinski definition) is 1. The maximum absolute atomic E-state index is 9.79. The summed E-state index contributed by atoms with van der Waals surface area (Å²) in [4.78, 5) is 7.10. The quantitative estimate of drug-likeness (QED) is 0.699. The van der Waals surface area contributed by atoms with Crippen LogP contribution >= 0.6 is 0 Å². The third kappa shape index (κ3) is 5.18. The molecule has 1 N–H and O–H groups in total. The van der Waals surface area contributed by atoms with Crippen LogP contribution in [0.4, 0.5) is 0 Å². The summed E-state index contributed by atoms with van der Waals surface area (Å²) in [5.74, 6) is 0. The molecule has 0 radical (unpaired) electrons. The van der Waals surface area contributed by atoms with Gasteiger partial charge in [-0.3, -0.25) is 0 Å². The first kappa shape index (κ1) is 21.8. The number of pyridine rings is 1. The SMILES string of the molecule is CB(O)N1CC=C(c2cccc(-c3cc(C(C)(C)C)cc(C(C)(C)C)c3)n2)CC1. The fourth-order valence-electron chi connectivity index (χ4n) is 3.67. The van der Waals surface area contributed by atoms with Gasteiger partial charge in [0.15, 0.2) is 0 Å². The van der Waals surface area contributed by atoms with E-state index in [0.717, 1.165) is 30.9 Å².